The van der Waals surface area contributed by atoms with Crippen molar-refractivity contribution in [2.24, 2.45) is 5.84 Å². The van der Waals surface area contributed by atoms with Crippen LogP contribution < -0.4 is 16.0 Å². The lowest BCUT2D eigenvalue weighted by Gasteiger charge is -2.24. The van der Waals surface area contributed by atoms with Gasteiger partial charge in [0.25, 0.3) is 0 Å². The fourth-order valence-corrected chi connectivity index (χ4v) is 5.93. The molecule has 0 aromatic carbocycles. The summed E-state index contributed by atoms with van der Waals surface area (Å²) in [6.07, 6.45) is 1.64. The topological polar surface area (TPSA) is 131 Å². The Kier molecular flexibility index (Phi) is 3.75. The summed E-state index contributed by atoms with van der Waals surface area (Å²) in [6, 6.07) is 2.81. The number of sulfone groups is 1. The summed E-state index contributed by atoms with van der Waals surface area (Å²) >= 11 is 0. The highest BCUT2D eigenvalue weighted by molar-refractivity contribution is 7.92. The summed E-state index contributed by atoms with van der Waals surface area (Å²) in [5, 5.41) is 0. The van der Waals surface area contributed by atoms with E-state index in [9.17, 15) is 16.8 Å². The first-order valence-electron chi connectivity index (χ1n) is 5.84. The summed E-state index contributed by atoms with van der Waals surface area (Å²) in [7, 11) is -7.12. The summed E-state index contributed by atoms with van der Waals surface area (Å²) in [6.45, 7) is 1.57. The van der Waals surface area contributed by atoms with Gasteiger partial charge < -0.3 is 5.43 Å². The average Bonchev–Trinajstić information content (AvgIpc) is 2.62. The van der Waals surface area contributed by atoms with E-state index in [4.69, 9.17) is 5.84 Å². The van der Waals surface area contributed by atoms with Crippen LogP contribution in [0.2, 0.25) is 0 Å². The van der Waals surface area contributed by atoms with Crippen molar-refractivity contribution in [3.63, 3.8) is 0 Å². The van der Waals surface area contributed by atoms with Crippen LogP contribution in [0.25, 0.3) is 0 Å². The number of nitrogen functional groups attached to an aromatic ring is 1. The Morgan fingerprint density at radius 1 is 1.45 bits per heavy atom. The third kappa shape index (κ3) is 3.08. The van der Waals surface area contributed by atoms with E-state index in [0.29, 0.717) is 0 Å². The van der Waals surface area contributed by atoms with E-state index in [-0.39, 0.29) is 28.6 Å². The second kappa shape index (κ2) is 4.95. The summed E-state index contributed by atoms with van der Waals surface area (Å²) in [5.74, 6) is 4.99. The molecule has 1 aromatic rings. The highest BCUT2D eigenvalue weighted by atomic mass is 32.2. The van der Waals surface area contributed by atoms with Crippen LogP contribution in [0.5, 0.6) is 0 Å². The van der Waals surface area contributed by atoms with Gasteiger partial charge in [-0.1, -0.05) is 0 Å². The maximum Gasteiger partial charge on any atom is 0.244 e. The molecule has 1 aromatic heterocycles. The number of nitrogens with two attached hydrogens (primary N) is 1. The molecule has 0 saturated carbocycles. The van der Waals surface area contributed by atoms with Crippen LogP contribution in [0.4, 0.5) is 5.82 Å². The average molecular weight is 320 g/mol. The molecule has 0 bridgehead atoms. The summed E-state index contributed by atoms with van der Waals surface area (Å²) < 4.78 is 50.1. The molecular formula is C10H16N4O4S2. The van der Waals surface area contributed by atoms with Crippen LogP contribution in [0.3, 0.4) is 0 Å². The molecule has 2 rings (SSSR count). The predicted octanol–water partition coefficient (Wildman–Crippen LogP) is -0.777. The van der Waals surface area contributed by atoms with Crippen LogP contribution >= 0.6 is 0 Å². The van der Waals surface area contributed by atoms with Gasteiger partial charge in [-0.05, 0) is 25.5 Å². The number of aromatic nitrogens is 1. The lowest BCUT2D eigenvalue weighted by atomic mass is 10.0. The van der Waals surface area contributed by atoms with E-state index in [1.165, 1.54) is 18.3 Å². The number of hydrogen-bond acceptors (Lipinski definition) is 7. The van der Waals surface area contributed by atoms with Gasteiger partial charge in [0, 0.05) is 11.7 Å². The molecule has 1 fully saturated rings. The summed E-state index contributed by atoms with van der Waals surface area (Å²) in [5.41, 5.74) is 1.19. The zero-order valence-electron chi connectivity index (χ0n) is 10.8. The lowest BCUT2D eigenvalue weighted by molar-refractivity contribution is 0.462. The number of nitrogens with one attached hydrogen (secondary N) is 2. The van der Waals surface area contributed by atoms with Gasteiger partial charge in [-0.25, -0.2) is 32.4 Å². The SMILES string of the molecule is CC1(NS(=O)(=O)c2cccnc2NN)CCS(=O)(=O)C1. The van der Waals surface area contributed by atoms with E-state index < -0.39 is 25.4 Å². The van der Waals surface area contributed by atoms with Gasteiger partial charge in [0.1, 0.15) is 4.90 Å². The minimum atomic E-state index is -3.91. The number of pyridine rings is 1. The van der Waals surface area contributed by atoms with E-state index in [1.807, 2.05) is 0 Å². The van der Waals surface area contributed by atoms with Crippen molar-refractivity contribution in [1.82, 2.24) is 9.71 Å². The molecule has 8 nitrogen and oxygen atoms in total. The first kappa shape index (κ1) is 15.2. The number of rotatable bonds is 4. The van der Waals surface area contributed by atoms with Crippen molar-refractivity contribution in [2.45, 2.75) is 23.8 Å². The van der Waals surface area contributed by atoms with Crippen molar-refractivity contribution in [2.75, 3.05) is 16.9 Å². The van der Waals surface area contributed by atoms with E-state index >= 15 is 0 Å². The molecule has 1 aliphatic heterocycles. The molecule has 0 aliphatic carbocycles. The predicted molar refractivity (Wildman–Crippen MR) is 74.0 cm³/mol. The van der Waals surface area contributed by atoms with Crippen LogP contribution in [-0.2, 0) is 19.9 Å². The molecule has 20 heavy (non-hydrogen) atoms. The van der Waals surface area contributed by atoms with Gasteiger partial charge in [-0.2, -0.15) is 0 Å². The Balaban J connectivity index is 2.33. The zero-order valence-corrected chi connectivity index (χ0v) is 12.5. The zero-order chi connectivity index (χ0) is 15.0. The molecule has 0 spiro atoms. The van der Waals surface area contributed by atoms with Crippen LogP contribution in [-0.4, -0.2) is 38.9 Å². The maximum absolute atomic E-state index is 12.3. The fraction of sp³-hybridized carbons (Fsp3) is 0.500. The van der Waals surface area contributed by atoms with Crippen molar-refractivity contribution in [1.29, 1.82) is 0 Å². The highest BCUT2D eigenvalue weighted by Gasteiger charge is 2.41. The van der Waals surface area contributed by atoms with Crippen molar-refractivity contribution in [3.8, 4) is 0 Å². The van der Waals surface area contributed by atoms with Crippen LogP contribution in [0, 0.1) is 0 Å². The number of anilines is 1. The van der Waals surface area contributed by atoms with Gasteiger partial charge >= 0.3 is 0 Å². The second-order valence-electron chi connectivity index (χ2n) is 5.00. The second-order valence-corrected chi connectivity index (χ2v) is 8.84. The quantitative estimate of drug-likeness (QED) is 0.490. The minimum absolute atomic E-state index is 0.00412. The largest absolute Gasteiger partial charge is 0.307 e. The first-order valence-corrected chi connectivity index (χ1v) is 9.14. The molecular weight excluding hydrogens is 304 g/mol. The smallest absolute Gasteiger partial charge is 0.244 e. The Hall–Kier alpha value is -1.23. The van der Waals surface area contributed by atoms with Crippen molar-refractivity contribution in [3.05, 3.63) is 18.3 Å². The number of sulfonamides is 1. The number of hydrazine groups is 1. The molecule has 0 radical (unpaired) electrons. The molecule has 1 unspecified atom stereocenters. The van der Waals surface area contributed by atoms with Crippen molar-refractivity contribution >= 4 is 25.7 Å². The Labute approximate surface area is 117 Å². The molecule has 0 amide bonds. The summed E-state index contributed by atoms with van der Waals surface area (Å²) in [4.78, 5) is 3.70. The minimum Gasteiger partial charge on any atom is -0.307 e. The van der Waals surface area contributed by atoms with E-state index in [0.717, 1.165) is 0 Å². The van der Waals surface area contributed by atoms with E-state index in [1.54, 1.807) is 6.92 Å². The van der Waals surface area contributed by atoms with Crippen LogP contribution in [0.15, 0.2) is 23.2 Å². The Morgan fingerprint density at radius 2 is 2.15 bits per heavy atom. The van der Waals surface area contributed by atoms with Crippen LogP contribution in [0.1, 0.15) is 13.3 Å². The molecule has 4 N–H and O–H groups in total. The normalized spacial score (nSPS) is 25.5. The maximum atomic E-state index is 12.3. The van der Waals surface area contributed by atoms with E-state index in [2.05, 4.69) is 15.1 Å². The number of nitrogens with zero attached hydrogens (tertiary/aromatic N) is 1. The molecule has 1 atom stereocenters. The van der Waals surface area contributed by atoms with Gasteiger partial charge in [0.05, 0.1) is 11.5 Å². The standard InChI is InChI=1S/C10H16N4O4S2/c1-10(4-6-19(15,16)7-10)14-20(17,18)8-3-2-5-12-9(8)13-11/h2-3,5,14H,4,6-7,11H2,1H3,(H,12,13). The lowest BCUT2D eigenvalue weighted by Crippen LogP contribution is -2.47. The van der Waals surface area contributed by atoms with Gasteiger partial charge in [0.15, 0.2) is 15.7 Å². The van der Waals surface area contributed by atoms with Gasteiger partial charge in [0.2, 0.25) is 10.0 Å². The van der Waals surface area contributed by atoms with Gasteiger partial charge in [-0.3, -0.25) is 0 Å². The van der Waals surface area contributed by atoms with Crippen molar-refractivity contribution < 1.29 is 16.8 Å². The first-order chi connectivity index (χ1) is 9.18. The molecule has 2 heterocycles. The molecule has 10 heteroatoms. The molecule has 112 valence electrons. The number of hydrogen-bond donors (Lipinski definition) is 3. The molecule has 1 aliphatic rings. The third-order valence-corrected chi connectivity index (χ3v) is 6.65. The highest BCUT2D eigenvalue weighted by Crippen LogP contribution is 2.26. The Bertz CT molecular complexity index is 717. The van der Waals surface area contributed by atoms with Gasteiger partial charge in [-0.15, -0.1) is 0 Å². The Morgan fingerprint density at radius 3 is 2.70 bits per heavy atom. The monoisotopic (exact) mass is 320 g/mol. The molecule has 1 saturated heterocycles. The third-order valence-electron chi connectivity index (χ3n) is 3.08. The fourth-order valence-electron chi connectivity index (χ4n) is 2.19.